The molecular weight excluding hydrogens is 544 g/mol. The van der Waals surface area contributed by atoms with Crippen molar-refractivity contribution in [2.75, 3.05) is 11.5 Å². The third-order valence-corrected chi connectivity index (χ3v) is 5.48. The number of aromatic nitrogens is 1. The Morgan fingerprint density at radius 1 is 1.19 bits per heavy atom. The molecule has 1 amide bonds. The van der Waals surface area contributed by atoms with Crippen molar-refractivity contribution in [3.8, 4) is 11.8 Å². The Morgan fingerprint density at radius 3 is 2.43 bits per heavy atom. The number of hydrogen-bond acceptors (Lipinski definition) is 7. The van der Waals surface area contributed by atoms with E-state index in [1.165, 1.54) is 18.2 Å². The van der Waals surface area contributed by atoms with Gasteiger partial charge in [0.1, 0.15) is 23.1 Å². The van der Waals surface area contributed by atoms with Crippen LogP contribution in [0.4, 0.5) is 16.2 Å². The molecule has 0 bridgehead atoms. The average Bonchev–Trinajstić information content (AvgIpc) is 3.22. The minimum Gasteiger partial charge on any atom is -0.462 e. The van der Waals surface area contributed by atoms with Gasteiger partial charge in [0.05, 0.1) is 23.6 Å². The molecule has 0 saturated carbocycles. The van der Waals surface area contributed by atoms with Crippen molar-refractivity contribution < 1.29 is 24.0 Å². The van der Waals surface area contributed by atoms with Crippen molar-refractivity contribution in [2.45, 2.75) is 39.8 Å². The van der Waals surface area contributed by atoms with E-state index in [2.05, 4.69) is 22.0 Å². The molecule has 37 heavy (non-hydrogen) atoms. The normalized spacial score (nSPS) is 10.9. The molecule has 2 aromatic carbocycles. The van der Waals surface area contributed by atoms with Gasteiger partial charge in [0, 0.05) is 22.4 Å². The van der Waals surface area contributed by atoms with Crippen LogP contribution in [0.1, 0.15) is 49.3 Å². The number of nitro groups is 1. The highest BCUT2D eigenvalue weighted by Crippen LogP contribution is 2.35. The van der Waals surface area contributed by atoms with E-state index in [4.69, 9.17) is 9.47 Å². The summed E-state index contributed by atoms with van der Waals surface area (Å²) in [7, 11) is 0. The molecule has 0 N–H and O–H groups in total. The van der Waals surface area contributed by atoms with Gasteiger partial charge < -0.3 is 14.0 Å². The first kappa shape index (κ1) is 27.4. The molecule has 1 heterocycles. The van der Waals surface area contributed by atoms with Crippen LogP contribution >= 0.6 is 15.9 Å². The zero-order chi connectivity index (χ0) is 27.3. The first-order valence-electron chi connectivity index (χ1n) is 11.3. The standard InChI is InChI=1S/C26H25BrN4O6/c1-5-36-24(32)21-7-6-8-22(31(34)35)23(21)30(25(33)37-26(2,3)4)15-17-9-11-19(12-10-17)29-16-18(27)13-20(29)14-28/h6-13,16H,5,15H2,1-4H3. The Labute approximate surface area is 222 Å². The molecule has 11 heteroatoms. The predicted octanol–water partition coefficient (Wildman–Crippen LogP) is 6.14. The molecule has 0 aliphatic rings. The Balaban J connectivity index is 2.10. The van der Waals surface area contributed by atoms with Crippen LogP contribution in [0, 0.1) is 21.4 Å². The van der Waals surface area contributed by atoms with Crippen molar-refractivity contribution >= 4 is 39.4 Å². The lowest BCUT2D eigenvalue weighted by atomic mass is 10.1. The monoisotopic (exact) mass is 568 g/mol. The van der Waals surface area contributed by atoms with Crippen LogP contribution in [0.25, 0.3) is 5.69 Å². The zero-order valence-electron chi connectivity index (χ0n) is 20.7. The van der Waals surface area contributed by atoms with E-state index in [0.717, 1.165) is 9.37 Å². The molecule has 1 aromatic heterocycles. The number of carbonyl (C=O) groups is 2. The summed E-state index contributed by atoms with van der Waals surface area (Å²) in [5, 5.41) is 21.3. The molecule has 0 radical (unpaired) electrons. The van der Waals surface area contributed by atoms with Crippen molar-refractivity contribution in [2.24, 2.45) is 0 Å². The highest BCUT2D eigenvalue weighted by atomic mass is 79.9. The molecule has 0 spiro atoms. The number of nitriles is 1. The highest BCUT2D eigenvalue weighted by Gasteiger charge is 2.33. The number of benzene rings is 2. The molecule has 3 rings (SSSR count). The number of rotatable bonds is 7. The van der Waals surface area contributed by atoms with Gasteiger partial charge in [0.2, 0.25) is 0 Å². The van der Waals surface area contributed by atoms with Crippen LogP contribution in [-0.4, -0.2) is 33.8 Å². The Morgan fingerprint density at radius 2 is 1.86 bits per heavy atom. The second kappa shape index (κ2) is 11.3. The average molecular weight is 569 g/mol. The lowest BCUT2D eigenvalue weighted by Crippen LogP contribution is -2.37. The van der Waals surface area contributed by atoms with Crippen molar-refractivity contribution in [3.05, 3.63) is 86.1 Å². The maximum absolute atomic E-state index is 13.3. The first-order chi connectivity index (χ1) is 17.4. The molecule has 0 fully saturated rings. The Kier molecular flexibility index (Phi) is 8.35. The summed E-state index contributed by atoms with van der Waals surface area (Å²) in [5.41, 5.74) is 0.0418. The summed E-state index contributed by atoms with van der Waals surface area (Å²) in [6, 6.07) is 14.7. The maximum atomic E-state index is 13.3. The van der Waals surface area contributed by atoms with Crippen LogP contribution in [0.15, 0.2) is 59.2 Å². The van der Waals surface area contributed by atoms with E-state index in [1.807, 2.05) is 0 Å². The third kappa shape index (κ3) is 6.54. The number of esters is 1. The Bertz CT molecular complexity index is 1370. The molecule has 0 unspecified atom stereocenters. The second-order valence-corrected chi connectivity index (χ2v) is 9.82. The van der Waals surface area contributed by atoms with Crippen molar-refractivity contribution in [1.82, 2.24) is 4.57 Å². The van der Waals surface area contributed by atoms with Crippen LogP contribution in [0.5, 0.6) is 0 Å². The summed E-state index contributed by atoms with van der Waals surface area (Å²) in [6.45, 7) is 6.55. The molecule has 0 saturated heterocycles. The van der Waals surface area contributed by atoms with Crippen molar-refractivity contribution in [3.63, 3.8) is 0 Å². The molecule has 0 atom stereocenters. The number of para-hydroxylation sites is 1. The summed E-state index contributed by atoms with van der Waals surface area (Å²) in [4.78, 5) is 38.4. The van der Waals surface area contributed by atoms with Gasteiger partial charge in [0.15, 0.2) is 0 Å². The lowest BCUT2D eigenvalue weighted by Gasteiger charge is -2.28. The molecule has 0 aliphatic heterocycles. The molecule has 192 valence electrons. The van der Waals surface area contributed by atoms with Crippen LogP contribution in [0.3, 0.4) is 0 Å². The van der Waals surface area contributed by atoms with Crippen molar-refractivity contribution in [1.29, 1.82) is 5.26 Å². The molecular formula is C26H25BrN4O6. The summed E-state index contributed by atoms with van der Waals surface area (Å²) < 4.78 is 13.1. The smallest absolute Gasteiger partial charge is 0.415 e. The van der Waals surface area contributed by atoms with Gasteiger partial charge >= 0.3 is 12.1 Å². The third-order valence-electron chi connectivity index (χ3n) is 5.05. The van der Waals surface area contributed by atoms with Gasteiger partial charge in [-0.05, 0) is 73.5 Å². The van der Waals surface area contributed by atoms with Gasteiger partial charge in [0.25, 0.3) is 5.69 Å². The quantitative estimate of drug-likeness (QED) is 0.190. The number of nitrogens with zero attached hydrogens (tertiary/aromatic N) is 4. The number of anilines is 1. The van der Waals surface area contributed by atoms with E-state index in [-0.39, 0.29) is 24.4 Å². The van der Waals surface area contributed by atoms with Crippen LogP contribution in [-0.2, 0) is 16.0 Å². The number of hydrogen-bond donors (Lipinski definition) is 0. The zero-order valence-corrected chi connectivity index (χ0v) is 22.3. The fourth-order valence-electron chi connectivity index (χ4n) is 3.56. The van der Waals surface area contributed by atoms with Gasteiger partial charge in [-0.15, -0.1) is 0 Å². The predicted molar refractivity (Wildman–Crippen MR) is 140 cm³/mol. The summed E-state index contributed by atoms with van der Waals surface area (Å²) >= 11 is 3.36. The Hall–Kier alpha value is -4.17. The number of halogens is 1. The second-order valence-electron chi connectivity index (χ2n) is 8.91. The van der Waals surface area contributed by atoms with E-state index in [9.17, 15) is 25.0 Å². The topological polar surface area (TPSA) is 128 Å². The minimum absolute atomic E-state index is 0.0507. The fraction of sp³-hybridized carbons (Fsp3) is 0.269. The number of ether oxygens (including phenoxy) is 2. The maximum Gasteiger partial charge on any atom is 0.415 e. The number of amides is 1. The number of nitro benzene ring substituents is 1. The first-order valence-corrected chi connectivity index (χ1v) is 12.1. The minimum atomic E-state index is -0.900. The van der Waals surface area contributed by atoms with E-state index >= 15 is 0 Å². The van der Waals surface area contributed by atoms with Crippen LogP contribution < -0.4 is 4.90 Å². The van der Waals surface area contributed by atoms with E-state index < -0.39 is 28.3 Å². The molecule has 3 aromatic rings. The largest absolute Gasteiger partial charge is 0.462 e. The van der Waals surface area contributed by atoms with Gasteiger partial charge in [-0.3, -0.25) is 15.0 Å². The molecule has 10 nitrogen and oxygen atoms in total. The van der Waals surface area contributed by atoms with E-state index in [0.29, 0.717) is 16.9 Å². The highest BCUT2D eigenvalue weighted by molar-refractivity contribution is 9.10. The SMILES string of the molecule is CCOC(=O)c1cccc([N+](=O)[O-])c1N(Cc1ccc(-n2cc(Br)cc2C#N)cc1)C(=O)OC(C)(C)C. The lowest BCUT2D eigenvalue weighted by molar-refractivity contribution is -0.384. The fourth-order valence-corrected chi connectivity index (χ4v) is 3.98. The molecule has 0 aliphatic carbocycles. The number of carbonyl (C=O) groups excluding carboxylic acids is 2. The summed E-state index contributed by atoms with van der Waals surface area (Å²) in [5.74, 6) is -0.799. The van der Waals surface area contributed by atoms with Gasteiger partial charge in [-0.1, -0.05) is 18.2 Å². The van der Waals surface area contributed by atoms with Crippen LogP contribution in [0.2, 0.25) is 0 Å². The van der Waals surface area contributed by atoms with Gasteiger partial charge in [-0.2, -0.15) is 5.26 Å². The van der Waals surface area contributed by atoms with E-state index in [1.54, 1.807) is 68.8 Å². The van der Waals surface area contributed by atoms with Gasteiger partial charge in [-0.25, -0.2) is 9.59 Å². The summed E-state index contributed by atoms with van der Waals surface area (Å²) in [6.07, 6.45) is 0.886.